The summed E-state index contributed by atoms with van der Waals surface area (Å²) >= 11 is 1.88. The van der Waals surface area contributed by atoms with Gasteiger partial charge in [-0.2, -0.15) is 0 Å². The third kappa shape index (κ3) is 8.30. The molecular weight excluding hydrogens is 252 g/mol. The van der Waals surface area contributed by atoms with Crippen LogP contribution >= 0.6 is 11.8 Å². The highest BCUT2D eigenvalue weighted by Gasteiger charge is 2.06. The molecule has 1 aromatic rings. The maximum absolute atomic E-state index is 5.64. The summed E-state index contributed by atoms with van der Waals surface area (Å²) in [5.74, 6) is 6.69. The third-order valence-electron chi connectivity index (χ3n) is 3.34. The molecule has 0 bridgehead atoms. The Morgan fingerprint density at radius 2 is 1.74 bits per heavy atom. The molecule has 3 heteroatoms. The minimum atomic E-state index is 0.427. The number of rotatable bonds is 11. The summed E-state index contributed by atoms with van der Waals surface area (Å²) in [6.07, 6.45) is 9.26. The molecule has 1 rings (SSSR count). The van der Waals surface area contributed by atoms with Crippen LogP contribution in [-0.4, -0.2) is 11.8 Å². The van der Waals surface area contributed by atoms with Crippen molar-refractivity contribution in [2.24, 2.45) is 5.84 Å². The van der Waals surface area contributed by atoms with Crippen LogP contribution in [0.3, 0.4) is 0 Å². The van der Waals surface area contributed by atoms with E-state index in [1.165, 1.54) is 49.8 Å². The molecule has 0 spiro atoms. The van der Waals surface area contributed by atoms with Gasteiger partial charge in [0.15, 0.2) is 0 Å². The standard InChI is InChI=1S/C16H28N2S/c1-2-3-4-5-6-8-11-15(18-17)14-19-16-12-9-7-10-13-16/h7,9-10,12-13,15,18H,2-6,8,11,14,17H2,1H3. The van der Waals surface area contributed by atoms with E-state index in [0.29, 0.717) is 6.04 Å². The van der Waals surface area contributed by atoms with E-state index in [2.05, 4.69) is 42.7 Å². The highest BCUT2D eigenvalue weighted by molar-refractivity contribution is 7.99. The van der Waals surface area contributed by atoms with Crippen molar-refractivity contribution in [3.63, 3.8) is 0 Å². The first-order valence-corrected chi connectivity index (χ1v) is 8.49. The van der Waals surface area contributed by atoms with E-state index in [9.17, 15) is 0 Å². The summed E-state index contributed by atoms with van der Waals surface area (Å²) < 4.78 is 0. The second-order valence-electron chi connectivity index (χ2n) is 5.04. The monoisotopic (exact) mass is 280 g/mol. The number of unbranched alkanes of at least 4 members (excludes halogenated alkanes) is 5. The minimum absolute atomic E-state index is 0.427. The molecule has 1 atom stereocenters. The second-order valence-corrected chi connectivity index (χ2v) is 6.14. The van der Waals surface area contributed by atoms with E-state index >= 15 is 0 Å². The Morgan fingerprint density at radius 3 is 2.42 bits per heavy atom. The van der Waals surface area contributed by atoms with E-state index in [0.717, 1.165) is 5.75 Å². The lowest BCUT2D eigenvalue weighted by atomic mass is 10.1. The summed E-state index contributed by atoms with van der Waals surface area (Å²) in [6, 6.07) is 11.0. The lowest BCUT2D eigenvalue weighted by Gasteiger charge is -2.15. The van der Waals surface area contributed by atoms with Crippen LogP contribution in [0.1, 0.15) is 51.9 Å². The van der Waals surface area contributed by atoms with Gasteiger partial charge in [-0.15, -0.1) is 11.8 Å². The van der Waals surface area contributed by atoms with E-state index in [4.69, 9.17) is 5.84 Å². The summed E-state index contributed by atoms with van der Waals surface area (Å²) in [7, 11) is 0. The number of hydrogen-bond donors (Lipinski definition) is 2. The molecule has 0 aliphatic rings. The third-order valence-corrected chi connectivity index (χ3v) is 4.51. The average molecular weight is 280 g/mol. The molecule has 0 aliphatic heterocycles. The predicted octanol–water partition coefficient (Wildman–Crippen LogP) is 4.36. The van der Waals surface area contributed by atoms with Gasteiger partial charge in [0.05, 0.1) is 0 Å². The highest BCUT2D eigenvalue weighted by Crippen LogP contribution is 2.19. The Kier molecular flexibility index (Phi) is 9.86. The summed E-state index contributed by atoms with van der Waals surface area (Å²) in [6.45, 7) is 2.26. The number of thioether (sulfide) groups is 1. The van der Waals surface area contributed by atoms with Gasteiger partial charge in [0.2, 0.25) is 0 Å². The number of hydrazine groups is 1. The fourth-order valence-corrected chi connectivity index (χ4v) is 3.11. The van der Waals surface area contributed by atoms with Crippen LogP contribution in [0.15, 0.2) is 35.2 Å². The van der Waals surface area contributed by atoms with Crippen molar-refractivity contribution >= 4 is 11.8 Å². The largest absolute Gasteiger partial charge is 0.271 e. The number of benzene rings is 1. The van der Waals surface area contributed by atoms with Gasteiger partial charge in [0.1, 0.15) is 0 Å². The van der Waals surface area contributed by atoms with Gasteiger partial charge in [-0.05, 0) is 18.6 Å². The number of nitrogens with two attached hydrogens (primary N) is 1. The molecule has 1 unspecified atom stereocenters. The van der Waals surface area contributed by atoms with Crippen LogP contribution in [0.5, 0.6) is 0 Å². The van der Waals surface area contributed by atoms with Crippen molar-refractivity contribution in [1.29, 1.82) is 0 Å². The Labute approximate surface area is 122 Å². The fourth-order valence-electron chi connectivity index (χ4n) is 2.10. The Bertz CT molecular complexity index is 303. The molecule has 0 fully saturated rings. The molecule has 0 heterocycles. The summed E-state index contributed by atoms with van der Waals surface area (Å²) in [5, 5.41) is 0. The summed E-state index contributed by atoms with van der Waals surface area (Å²) in [4.78, 5) is 1.32. The number of hydrogen-bond acceptors (Lipinski definition) is 3. The van der Waals surface area contributed by atoms with E-state index in [1.807, 2.05) is 11.8 Å². The lowest BCUT2D eigenvalue weighted by Crippen LogP contribution is -2.36. The van der Waals surface area contributed by atoms with Gasteiger partial charge in [0.25, 0.3) is 0 Å². The Hall–Kier alpha value is -0.510. The zero-order chi connectivity index (χ0) is 13.8. The molecule has 0 aliphatic carbocycles. The first kappa shape index (κ1) is 16.5. The van der Waals surface area contributed by atoms with Crippen LogP contribution < -0.4 is 11.3 Å². The maximum Gasteiger partial charge on any atom is 0.0304 e. The minimum Gasteiger partial charge on any atom is -0.271 e. The van der Waals surface area contributed by atoms with Crippen LogP contribution in [-0.2, 0) is 0 Å². The molecule has 0 saturated carbocycles. The van der Waals surface area contributed by atoms with Crippen LogP contribution in [0.2, 0.25) is 0 Å². The zero-order valence-corrected chi connectivity index (χ0v) is 12.9. The second kappa shape index (κ2) is 11.3. The van der Waals surface area contributed by atoms with Gasteiger partial charge in [-0.25, -0.2) is 0 Å². The van der Waals surface area contributed by atoms with E-state index < -0.39 is 0 Å². The normalized spacial score (nSPS) is 12.5. The molecule has 0 radical (unpaired) electrons. The predicted molar refractivity (Wildman–Crippen MR) is 86.3 cm³/mol. The smallest absolute Gasteiger partial charge is 0.0304 e. The van der Waals surface area contributed by atoms with Crippen molar-refractivity contribution in [3.05, 3.63) is 30.3 Å². The molecule has 19 heavy (non-hydrogen) atoms. The fraction of sp³-hybridized carbons (Fsp3) is 0.625. The molecule has 0 saturated heterocycles. The molecule has 3 N–H and O–H groups in total. The van der Waals surface area contributed by atoms with Gasteiger partial charge in [-0.3, -0.25) is 11.3 Å². The highest BCUT2D eigenvalue weighted by atomic mass is 32.2. The number of nitrogens with one attached hydrogen (secondary N) is 1. The lowest BCUT2D eigenvalue weighted by molar-refractivity contribution is 0.494. The quantitative estimate of drug-likeness (QED) is 0.274. The van der Waals surface area contributed by atoms with Crippen LogP contribution in [0.4, 0.5) is 0 Å². The van der Waals surface area contributed by atoms with Crippen molar-refractivity contribution < 1.29 is 0 Å². The van der Waals surface area contributed by atoms with Gasteiger partial charge < -0.3 is 0 Å². The van der Waals surface area contributed by atoms with Gasteiger partial charge in [-0.1, -0.05) is 63.6 Å². The first-order valence-electron chi connectivity index (χ1n) is 7.50. The molecule has 2 nitrogen and oxygen atoms in total. The van der Waals surface area contributed by atoms with Gasteiger partial charge in [0, 0.05) is 16.7 Å². The molecular formula is C16H28N2S. The van der Waals surface area contributed by atoms with Crippen molar-refractivity contribution in [1.82, 2.24) is 5.43 Å². The van der Waals surface area contributed by atoms with Crippen molar-refractivity contribution in [2.75, 3.05) is 5.75 Å². The van der Waals surface area contributed by atoms with E-state index in [1.54, 1.807) is 0 Å². The molecule has 108 valence electrons. The van der Waals surface area contributed by atoms with Crippen molar-refractivity contribution in [3.8, 4) is 0 Å². The van der Waals surface area contributed by atoms with Crippen molar-refractivity contribution in [2.45, 2.75) is 62.8 Å². The van der Waals surface area contributed by atoms with Gasteiger partial charge >= 0.3 is 0 Å². The van der Waals surface area contributed by atoms with Crippen LogP contribution in [0, 0.1) is 0 Å². The maximum atomic E-state index is 5.64. The topological polar surface area (TPSA) is 38.0 Å². The van der Waals surface area contributed by atoms with E-state index in [-0.39, 0.29) is 0 Å². The summed E-state index contributed by atoms with van der Waals surface area (Å²) in [5.41, 5.74) is 2.95. The SMILES string of the molecule is CCCCCCCCC(CSc1ccccc1)NN. The Balaban J connectivity index is 2.09. The molecule has 0 amide bonds. The molecule has 1 aromatic carbocycles. The first-order chi connectivity index (χ1) is 9.36. The molecule has 0 aromatic heterocycles. The average Bonchev–Trinajstić information content (AvgIpc) is 2.47. The zero-order valence-electron chi connectivity index (χ0n) is 12.1. The van der Waals surface area contributed by atoms with Crippen LogP contribution in [0.25, 0.3) is 0 Å². The Morgan fingerprint density at radius 1 is 1.05 bits per heavy atom.